The number of allylic oxidation sites excluding steroid dienone is 1. The average Bonchev–Trinajstić information content (AvgIpc) is 3.59. The molecule has 2 aliphatic rings. The molecule has 8 heteroatoms. The van der Waals surface area contributed by atoms with Crippen molar-refractivity contribution in [1.29, 1.82) is 0 Å². The van der Waals surface area contributed by atoms with E-state index >= 15 is 0 Å². The lowest BCUT2D eigenvalue weighted by atomic mass is 9.90. The largest absolute Gasteiger partial charge is 0.493 e. The molecule has 0 aliphatic heterocycles. The first-order valence-corrected chi connectivity index (χ1v) is 13.4. The van der Waals surface area contributed by atoms with Crippen molar-refractivity contribution in [2.24, 2.45) is 29.6 Å². The van der Waals surface area contributed by atoms with Crippen LogP contribution < -0.4 is 10.5 Å². The van der Waals surface area contributed by atoms with Gasteiger partial charge in [0.15, 0.2) is 0 Å². The van der Waals surface area contributed by atoms with Crippen LogP contribution in [0.25, 0.3) is 11.1 Å². The molecule has 198 valence electrons. The summed E-state index contributed by atoms with van der Waals surface area (Å²) in [4.78, 5) is 17.1. The van der Waals surface area contributed by atoms with Crippen molar-refractivity contribution in [3.05, 3.63) is 71.7 Å². The molecule has 2 unspecified atom stereocenters. The number of aliphatic imine (C=N–C) groups is 1. The molecule has 8 nitrogen and oxygen atoms in total. The third-order valence-corrected chi connectivity index (χ3v) is 7.48. The molecule has 5 rings (SSSR count). The highest BCUT2D eigenvalue weighted by Gasteiger charge is 2.46. The molecule has 0 bridgehead atoms. The van der Waals surface area contributed by atoms with Gasteiger partial charge in [-0.15, -0.1) is 5.10 Å². The van der Waals surface area contributed by atoms with Crippen LogP contribution in [0.2, 0.25) is 0 Å². The van der Waals surface area contributed by atoms with Gasteiger partial charge >= 0.3 is 5.97 Å². The maximum Gasteiger partial charge on any atom is 0.339 e. The van der Waals surface area contributed by atoms with E-state index in [1.165, 1.54) is 32.1 Å². The third-order valence-electron chi connectivity index (χ3n) is 7.48. The van der Waals surface area contributed by atoms with Crippen LogP contribution in [-0.4, -0.2) is 38.4 Å². The van der Waals surface area contributed by atoms with Crippen LogP contribution in [0.5, 0.6) is 5.75 Å². The minimum absolute atomic E-state index is 0.0601. The smallest absolute Gasteiger partial charge is 0.339 e. The molecule has 2 aliphatic carbocycles. The van der Waals surface area contributed by atoms with Crippen molar-refractivity contribution in [3.63, 3.8) is 0 Å². The Morgan fingerprint density at radius 2 is 1.87 bits per heavy atom. The van der Waals surface area contributed by atoms with E-state index in [1.807, 2.05) is 49.6 Å². The molecule has 3 aromatic rings. The Morgan fingerprint density at radius 1 is 1.13 bits per heavy atom. The number of nitrogens with zero attached hydrogens (tertiary/aromatic N) is 4. The molecule has 1 aromatic heterocycles. The van der Waals surface area contributed by atoms with Crippen LogP contribution >= 0.6 is 0 Å². The number of aliphatic carboxylic acids is 1. The van der Waals surface area contributed by atoms with Gasteiger partial charge in [0.05, 0.1) is 29.3 Å². The summed E-state index contributed by atoms with van der Waals surface area (Å²) in [5, 5.41) is 18.2. The molecule has 2 fully saturated rings. The molecule has 0 amide bonds. The number of ether oxygens (including phenoxy) is 1. The predicted octanol–water partition coefficient (Wildman–Crippen LogP) is 5.63. The van der Waals surface area contributed by atoms with Crippen molar-refractivity contribution in [3.8, 4) is 16.9 Å². The van der Waals surface area contributed by atoms with Crippen LogP contribution in [0.15, 0.2) is 71.0 Å². The van der Waals surface area contributed by atoms with E-state index in [2.05, 4.69) is 22.4 Å². The van der Waals surface area contributed by atoms with E-state index in [0.29, 0.717) is 17.3 Å². The summed E-state index contributed by atoms with van der Waals surface area (Å²) in [5.41, 5.74) is 10.3. The summed E-state index contributed by atoms with van der Waals surface area (Å²) >= 11 is 0. The lowest BCUT2D eigenvalue weighted by Crippen LogP contribution is -2.19. The van der Waals surface area contributed by atoms with Gasteiger partial charge in [0.2, 0.25) is 0 Å². The first kappa shape index (κ1) is 25.7. The molecule has 2 aromatic carbocycles. The Balaban J connectivity index is 1.41. The van der Waals surface area contributed by atoms with Crippen molar-refractivity contribution < 1.29 is 14.6 Å². The summed E-state index contributed by atoms with van der Waals surface area (Å²) in [6.07, 6.45) is 9.04. The van der Waals surface area contributed by atoms with Crippen molar-refractivity contribution in [2.45, 2.75) is 51.4 Å². The molecule has 0 saturated heterocycles. The molecule has 2 atom stereocenters. The predicted molar refractivity (Wildman–Crippen MR) is 147 cm³/mol. The zero-order valence-electron chi connectivity index (χ0n) is 22.0. The monoisotopic (exact) mass is 513 g/mol. The highest BCUT2D eigenvalue weighted by Crippen LogP contribution is 2.49. The molecule has 0 spiro atoms. The summed E-state index contributed by atoms with van der Waals surface area (Å²) < 4.78 is 7.81. The third kappa shape index (κ3) is 5.96. The molecule has 38 heavy (non-hydrogen) atoms. The van der Waals surface area contributed by atoms with E-state index in [9.17, 15) is 9.90 Å². The number of nitrogens with two attached hydrogens (primary N) is 1. The topological polar surface area (TPSA) is 116 Å². The van der Waals surface area contributed by atoms with Crippen molar-refractivity contribution in [1.82, 2.24) is 15.0 Å². The Labute approximate surface area is 223 Å². The van der Waals surface area contributed by atoms with Gasteiger partial charge in [0, 0.05) is 30.8 Å². The summed E-state index contributed by atoms with van der Waals surface area (Å²) in [6, 6.07) is 15.9. The van der Waals surface area contributed by atoms with Gasteiger partial charge in [-0.3, -0.25) is 9.67 Å². The summed E-state index contributed by atoms with van der Waals surface area (Å²) in [5.74, 6) is 0.405. The number of hydrogen-bond donors (Lipinski definition) is 2. The Hall–Kier alpha value is -3.94. The molecule has 2 saturated carbocycles. The number of hydrogen-bond acceptors (Lipinski definition) is 6. The van der Waals surface area contributed by atoms with Gasteiger partial charge in [0.1, 0.15) is 5.75 Å². The Bertz CT molecular complexity index is 1370. The second-order valence-corrected chi connectivity index (χ2v) is 10.5. The van der Waals surface area contributed by atoms with E-state index < -0.39 is 5.97 Å². The molecular formula is C30H35N5O3. The van der Waals surface area contributed by atoms with Crippen LogP contribution in [0.4, 0.5) is 5.69 Å². The second-order valence-electron chi connectivity index (χ2n) is 10.5. The fraction of sp³-hybridized carbons (Fsp3) is 0.400. The minimum Gasteiger partial charge on any atom is -0.493 e. The quantitative estimate of drug-likeness (QED) is 0.283. The first-order valence-electron chi connectivity index (χ1n) is 13.4. The number of carbonyl (C=O) groups is 1. The molecule has 0 radical (unpaired) electrons. The van der Waals surface area contributed by atoms with E-state index in [4.69, 9.17) is 15.5 Å². The van der Waals surface area contributed by atoms with E-state index in [0.717, 1.165) is 35.6 Å². The fourth-order valence-corrected chi connectivity index (χ4v) is 5.39. The maximum atomic E-state index is 12.2. The van der Waals surface area contributed by atoms with Crippen molar-refractivity contribution in [2.75, 3.05) is 6.61 Å². The average molecular weight is 514 g/mol. The lowest BCUT2D eigenvalue weighted by molar-refractivity contribution is -0.132. The van der Waals surface area contributed by atoms with Crippen LogP contribution in [0, 0.1) is 11.8 Å². The van der Waals surface area contributed by atoms with Crippen LogP contribution in [-0.2, 0) is 11.8 Å². The standard InChI is InChI=1S/C30H35N5O3/c1-19(31)28(30(36)37)29(26-16-25(26)27-17-35(2)34-33-27)32-23-12-6-10-21(14-23)22-11-7-13-24(15-22)38-18-20-8-4-3-5-9-20/h6-7,10-15,17,20,25-26H,3-5,8-9,16,18,31H2,1-2H3,(H,36,37). The number of carboxylic acids is 1. The number of carboxylic acid groups (broad SMARTS) is 1. The van der Waals surface area contributed by atoms with E-state index in [-0.39, 0.29) is 23.1 Å². The second kappa shape index (κ2) is 11.2. The number of aryl methyl sites for hydroxylation is 1. The summed E-state index contributed by atoms with van der Waals surface area (Å²) in [7, 11) is 1.82. The van der Waals surface area contributed by atoms with Gasteiger partial charge in [-0.05, 0) is 67.5 Å². The highest BCUT2D eigenvalue weighted by atomic mass is 16.5. The minimum atomic E-state index is -1.08. The number of benzene rings is 2. The zero-order valence-corrected chi connectivity index (χ0v) is 22.0. The first-order chi connectivity index (χ1) is 18.4. The lowest BCUT2D eigenvalue weighted by Gasteiger charge is -2.21. The zero-order chi connectivity index (χ0) is 26.6. The number of rotatable bonds is 9. The van der Waals surface area contributed by atoms with Crippen molar-refractivity contribution >= 4 is 17.4 Å². The Morgan fingerprint density at radius 3 is 2.55 bits per heavy atom. The molecule has 1 heterocycles. The van der Waals surface area contributed by atoms with Crippen LogP contribution in [0.1, 0.15) is 57.1 Å². The normalized spacial score (nSPS) is 20.6. The molecule has 3 N–H and O–H groups in total. The highest BCUT2D eigenvalue weighted by molar-refractivity contribution is 6.22. The van der Waals surface area contributed by atoms with Gasteiger partial charge in [-0.2, -0.15) is 0 Å². The Kier molecular flexibility index (Phi) is 7.58. The van der Waals surface area contributed by atoms with Gasteiger partial charge in [-0.25, -0.2) is 4.79 Å². The maximum absolute atomic E-state index is 12.2. The number of aromatic nitrogens is 3. The van der Waals surface area contributed by atoms with Crippen LogP contribution in [0.3, 0.4) is 0 Å². The van der Waals surface area contributed by atoms with Gasteiger partial charge in [0.25, 0.3) is 0 Å². The van der Waals surface area contributed by atoms with Gasteiger partial charge in [-0.1, -0.05) is 48.7 Å². The van der Waals surface area contributed by atoms with E-state index in [1.54, 1.807) is 11.6 Å². The fourth-order valence-electron chi connectivity index (χ4n) is 5.39. The van der Waals surface area contributed by atoms with Gasteiger partial charge < -0.3 is 15.6 Å². The SMILES string of the molecule is CC(N)=C(C(=O)O)C(=Nc1cccc(-c2cccc(OCC3CCCCC3)c2)c1)C1CC1c1cn(C)nn1. The summed E-state index contributed by atoms with van der Waals surface area (Å²) in [6.45, 7) is 2.36. The molecular weight excluding hydrogens is 478 g/mol.